The Bertz CT molecular complexity index is 2010. The van der Waals surface area contributed by atoms with Gasteiger partial charge in [-0.25, -0.2) is 0 Å². The van der Waals surface area contributed by atoms with E-state index in [1.807, 2.05) is 0 Å². The smallest absolute Gasteiger partial charge is 0.460 e. The lowest BCUT2D eigenvalue weighted by atomic mass is 9.85. The van der Waals surface area contributed by atoms with Crippen molar-refractivity contribution < 1.29 is 116 Å². The molecule has 0 N–H and O–H groups in total. The van der Waals surface area contributed by atoms with Crippen LogP contribution in [0.1, 0.15) is 71.1 Å². The van der Waals surface area contributed by atoms with Crippen molar-refractivity contribution in [1.82, 2.24) is 0 Å². The summed E-state index contributed by atoms with van der Waals surface area (Å²) in [6.07, 6.45) is 5.39. The number of carbonyl (C=O) groups excluding carboxylic acids is 1. The van der Waals surface area contributed by atoms with E-state index < -0.39 is 71.4 Å². The van der Waals surface area contributed by atoms with Gasteiger partial charge in [-0.3, -0.25) is 0 Å². The van der Waals surface area contributed by atoms with E-state index in [1.54, 1.807) is 0 Å². The summed E-state index contributed by atoms with van der Waals surface area (Å²) in [6, 6.07) is 30.3. The Kier molecular flexibility index (Phi) is 19.7. The van der Waals surface area contributed by atoms with E-state index in [0.717, 1.165) is 18.8 Å². The summed E-state index contributed by atoms with van der Waals surface area (Å²) in [5.41, 5.74) is 0. The second-order valence-electron chi connectivity index (χ2n) is 15.0. The minimum Gasteiger partial charge on any atom is -0.544 e. The molecule has 0 aliphatic rings. The highest BCUT2D eigenvalue weighted by Gasteiger charge is 2.98. The fraction of sp³-hybridized carbons (Fsp3) is 0.548. The molecule has 0 heterocycles. The van der Waals surface area contributed by atoms with Crippen LogP contribution in [0.2, 0.25) is 0 Å². The maximum Gasteiger partial charge on any atom is 0.460 e. The summed E-state index contributed by atoms with van der Waals surface area (Å²) in [4.78, 5) is 13.8. The molecule has 0 amide bonds. The number of carboxylic acid groups (broad SMARTS) is 1. The molecule has 0 bridgehead atoms. The highest BCUT2D eigenvalue weighted by Crippen LogP contribution is 2.67. The van der Waals surface area contributed by atoms with Crippen LogP contribution in [0.4, 0.5) is 101 Å². The zero-order valence-corrected chi connectivity index (χ0v) is 36.0. The molecule has 0 aromatic heterocycles. The number of ether oxygens (including phenoxy) is 1. The highest BCUT2D eigenvalue weighted by molar-refractivity contribution is 7.97. The molecule has 0 saturated heterocycles. The first-order chi connectivity index (χ1) is 31.3. The predicted octanol–water partition coefficient (Wildman–Crippen LogP) is 14.7. The minimum atomic E-state index is -9.52. The maximum atomic E-state index is 13.3. The molecule has 3 aromatic carbocycles. The molecule has 0 radical (unpaired) electrons. The second kappa shape index (κ2) is 22.4. The third-order valence-corrected chi connectivity index (χ3v) is 12.2. The SMILES string of the molecule is CCCCCCCCCCCCOc1ccc([S+](c2ccccc2)c2ccccc2)cc1.O=C([O-])C(F)(F)C(F)(F)C(F)(F)C(F)(F)C(F)(F)C(F)(F)C(F)(F)C(F)(F)C(F)(F)C(F)(F)C(F)(F)F. The van der Waals surface area contributed by atoms with Crippen LogP contribution in [-0.4, -0.2) is 78.0 Å². The van der Waals surface area contributed by atoms with Crippen molar-refractivity contribution in [3.63, 3.8) is 0 Å². The Hall–Kier alpha value is -4.33. The van der Waals surface area contributed by atoms with E-state index in [-0.39, 0.29) is 10.9 Å². The van der Waals surface area contributed by atoms with E-state index in [9.17, 15) is 111 Å². The summed E-state index contributed by atoms with van der Waals surface area (Å²) >= 11 is 0. The quantitative estimate of drug-likeness (QED) is 0.0483. The van der Waals surface area contributed by atoms with Crippen LogP contribution in [-0.2, 0) is 15.7 Å². The van der Waals surface area contributed by atoms with Crippen molar-refractivity contribution in [2.24, 2.45) is 0 Å². The third-order valence-electron chi connectivity index (χ3n) is 9.95. The van der Waals surface area contributed by atoms with Gasteiger partial charge in [0.05, 0.1) is 17.5 Å². The predicted molar refractivity (Wildman–Crippen MR) is 199 cm³/mol. The number of benzene rings is 3. The fourth-order valence-corrected chi connectivity index (χ4v) is 7.94. The molecule has 3 rings (SSSR count). The Morgan fingerprint density at radius 3 is 1.01 bits per heavy atom. The van der Waals surface area contributed by atoms with E-state index in [0.29, 0.717) is 0 Å². The monoisotopic (exact) mass is 1060 g/mol. The maximum absolute atomic E-state index is 13.3. The van der Waals surface area contributed by atoms with Gasteiger partial charge in [0.1, 0.15) is 11.7 Å². The summed E-state index contributed by atoms with van der Waals surface area (Å²) in [6.45, 7) is 3.10. The van der Waals surface area contributed by atoms with Crippen molar-refractivity contribution in [2.75, 3.05) is 6.61 Å². The molecule has 0 atom stereocenters. The largest absolute Gasteiger partial charge is 0.544 e. The number of hydrogen-bond acceptors (Lipinski definition) is 3. The number of hydrogen-bond donors (Lipinski definition) is 0. The summed E-state index contributed by atoms with van der Waals surface area (Å²) in [7, 11) is -0.0938. The Morgan fingerprint density at radius 2 is 0.696 bits per heavy atom. The van der Waals surface area contributed by atoms with Gasteiger partial charge in [0, 0.05) is 0 Å². The summed E-state index contributed by atoms with van der Waals surface area (Å²) in [5.74, 6) is -94.1. The summed E-state index contributed by atoms with van der Waals surface area (Å²) in [5, 5.41) is 9.74. The van der Waals surface area contributed by atoms with Crippen molar-refractivity contribution >= 4 is 16.9 Å². The van der Waals surface area contributed by atoms with Gasteiger partial charge >= 0.3 is 65.4 Å². The minimum absolute atomic E-state index is 0.0938. The van der Waals surface area contributed by atoms with E-state index in [1.165, 1.54) is 72.5 Å². The van der Waals surface area contributed by atoms with Gasteiger partial charge in [-0.2, -0.15) is 101 Å². The zero-order valence-electron chi connectivity index (χ0n) is 35.2. The first-order valence-electron chi connectivity index (χ1n) is 20.0. The molecule has 3 aromatic rings. The molecule has 0 unspecified atom stereocenters. The van der Waals surface area contributed by atoms with Gasteiger partial charge in [-0.05, 0) is 55.0 Å². The lowest BCUT2D eigenvalue weighted by molar-refractivity contribution is -0.479. The average Bonchev–Trinajstić information content (AvgIpc) is 3.26. The molecule has 69 heavy (non-hydrogen) atoms. The Labute approximate surface area is 380 Å². The zero-order chi connectivity index (χ0) is 53.3. The number of carbonyl (C=O) groups is 1. The van der Waals surface area contributed by atoms with E-state index in [2.05, 4.69) is 91.9 Å². The molecule has 0 aliphatic heterocycles. The molecule has 392 valence electrons. The van der Waals surface area contributed by atoms with Crippen LogP contribution in [0.3, 0.4) is 0 Å². The lowest BCUT2D eigenvalue weighted by Gasteiger charge is -2.45. The van der Waals surface area contributed by atoms with Crippen LogP contribution in [0.5, 0.6) is 5.75 Å². The van der Waals surface area contributed by atoms with Gasteiger partial charge in [0.2, 0.25) is 0 Å². The van der Waals surface area contributed by atoms with Crippen LogP contribution < -0.4 is 9.84 Å². The van der Waals surface area contributed by atoms with Crippen molar-refractivity contribution in [3.05, 3.63) is 84.9 Å². The molecule has 0 fully saturated rings. The lowest BCUT2D eigenvalue weighted by Crippen LogP contribution is -2.78. The van der Waals surface area contributed by atoms with E-state index >= 15 is 0 Å². The average molecular weight is 1060 g/mol. The second-order valence-corrected chi connectivity index (χ2v) is 17.0. The molecule has 27 heteroatoms. The van der Waals surface area contributed by atoms with Gasteiger partial charge in [-0.15, -0.1) is 0 Å². The number of rotatable bonds is 25. The van der Waals surface area contributed by atoms with Gasteiger partial charge in [-0.1, -0.05) is 101 Å². The number of aliphatic carboxylic acids is 1. The van der Waals surface area contributed by atoms with Crippen LogP contribution >= 0.6 is 0 Å². The number of alkyl halides is 23. The molecular formula is C42H39F23O3S. The Morgan fingerprint density at radius 1 is 0.406 bits per heavy atom. The van der Waals surface area contributed by atoms with Crippen molar-refractivity contribution in [1.29, 1.82) is 0 Å². The number of carboxylic acids is 1. The molecule has 0 aliphatic carbocycles. The molecule has 0 saturated carbocycles. The van der Waals surface area contributed by atoms with Gasteiger partial charge < -0.3 is 14.6 Å². The molecular weight excluding hydrogens is 1020 g/mol. The standard InChI is InChI=1S/C30H39OS.C12HF23O2/c1-2-3-4-5-6-7-8-9-10-17-26-31-27-22-24-30(25-23-27)32(28-18-13-11-14-19-28)29-20-15-12-16-21-29;13-2(14,1(36)37)3(15,16)4(17,18)5(19,20)6(21,22)7(23,24)8(25,26)9(27,28)10(29,30)11(31,32)12(33,34)35/h11-16,18-25H,2-10,17,26H2,1H3;(H,36,37)/q+1;/p-1. The van der Waals surface area contributed by atoms with Crippen molar-refractivity contribution in [3.8, 4) is 5.75 Å². The fourth-order valence-electron chi connectivity index (χ4n) is 5.86. The molecule has 0 spiro atoms. The normalized spacial score (nSPS) is 14.1. The third kappa shape index (κ3) is 11.9. The van der Waals surface area contributed by atoms with Crippen LogP contribution in [0.15, 0.2) is 99.6 Å². The van der Waals surface area contributed by atoms with Crippen LogP contribution in [0.25, 0.3) is 0 Å². The first kappa shape index (κ1) is 60.8. The van der Waals surface area contributed by atoms with Crippen LogP contribution in [0, 0.1) is 0 Å². The summed E-state index contributed by atoms with van der Waals surface area (Å²) < 4.78 is 303. The number of unbranched alkanes of at least 4 members (excludes halogenated alkanes) is 9. The van der Waals surface area contributed by atoms with Crippen molar-refractivity contribution in [2.45, 2.75) is 151 Å². The van der Waals surface area contributed by atoms with Gasteiger partial charge in [0.15, 0.2) is 14.7 Å². The topological polar surface area (TPSA) is 49.4 Å². The molecule has 3 nitrogen and oxygen atoms in total. The Balaban J connectivity index is 0.000000477. The highest BCUT2D eigenvalue weighted by atomic mass is 32.2. The number of halogens is 23. The first-order valence-corrected chi connectivity index (χ1v) is 21.2. The van der Waals surface area contributed by atoms with E-state index in [4.69, 9.17) is 4.74 Å². The van der Waals surface area contributed by atoms with Gasteiger partial charge in [0.25, 0.3) is 0 Å².